The van der Waals surface area contributed by atoms with Gasteiger partial charge in [0.1, 0.15) is 5.78 Å². The van der Waals surface area contributed by atoms with Crippen LogP contribution in [-0.2, 0) is 14.3 Å². The predicted octanol–water partition coefficient (Wildman–Crippen LogP) is 5.43. The first-order chi connectivity index (χ1) is 13.0. The number of Topliss-reactive ketones (excluding diaryl/α,β-unsaturated/α-hetero) is 1. The van der Waals surface area contributed by atoms with Crippen molar-refractivity contribution in [3.63, 3.8) is 0 Å². The molecular formula is C24H36O3. The minimum absolute atomic E-state index is 0.0124. The van der Waals surface area contributed by atoms with Crippen LogP contribution in [0.2, 0.25) is 0 Å². The molecule has 0 aromatic heterocycles. The predicted molar refractivity (Wildman–Crippen MR) is 105 cm³/mol. The first-order valence-corrected chi connectivity index (χ1v) is 11.5. The van der Waals surface area contributed by atoms with Crippen molar-refractivity contribution in [3.8, 4) is 0 Å². The van der Waals surface area contributed by atoms with Gasteiger partial charge in [0.2, 0.25) is 0 Å². The Morgan fingerprint density at radius 1 is 1.04 bits per heavy atom. The van der Waals surface area contributed by atoms with E-state index in [1.54, 1.807) is 5.57 Å². The molecule has 0 spiro atoms. The van der Waals surface area contributed by atoms with Gasteiger partial charge in [-0.15, -0.1) is 0 Å². The van der Waals surface area contributed by atoms with Crippen molar-refractivity contribution in [3.05, 3.63) is 11.6 Å². The number of carbonyl (C=O) groups is 1. The first-order valence-electron chi connectivity index (χ1n) is 11.5. The summed E-state index contributed by atoms with van der Waals surface area (Å²) in [4.78, 5) is 12.6. The van der Waals surface area contributed by atoms with Gasteiger partial charge in [-0.25, -0.2) is 0 Å². The highest BCUT2D eigenvalue weighted by Gasteiger charge is 2.58. The molecule has 0 bridgehead atoms. The molecule has 3 nitrogen and oxygen atoms in total. The van der Waals surface area contributed by atoms with Crippen LogP contribution in [0.3, 0.4) is 0 Å². The van der Waals surface area contributed by atoms with Crippen LogP contribution in [0.5, 0.6) is 0 Å². The lowest BCUT2D eigenvalue weighted by Crippen LogP contribution is -2.50. The topological polar surface area (TPSA) is 35.5 Å². The van der Waals surface area contributed by atoms with Gasteiger partial charge in [-0.2, -0.15) is 0 Å². The highest BCUT2D eigenvalue weighted by atomic mass is 16.7. The zero-order valence-corrected chi connectivity index (χ0v) is 17.2. The van der Waals surface area contributed by atoms with E-state index in [-0.39, 0.29) is 11.7 Å². The molecule has 0 radical (unpaired) electrons. The summed E-state index contributed by atoms with van der Waals surface area (Å²) in [6.45, 7) is 5.67. The number of allylic oxidation sites excluding steroid dienone is 1. The highest BCUT2D eigenvalue weighted by molar-refractivity contribution is 5.87. The van der Waals surface area contributed by atoms with Crippen molar-refractivity contribution in [2.24, 2.45) is 28.6 Å². The van der Waals surface area contributed by atoms with E-state index in [0.717, 1.165) is 57.0 Å². The van der Waals surface area contributed by atoms with Gasteiger partial charge in [0, 0.05) is 18.4 Å². The van der Waals surface area contributed by atoms with Gasteiger partial charge in [-0.1, -0.05) is 25.5 Å². The second kappa shape index (κ2) is 6.69. The Kier molecular flexibility index (Phi) is 4.55. The molecule has 0 aromatic carbocycles. The standard InChI is InChI=1S/C24H36O3/c1-23-12-10-17(27-22-5-3-4-14-26-22)15-16(23)6-7-18-19-8-9-21(25)24(19,2)13-11-20(18)23/h6,17-20,22H,3-5,7-15H2,1-2H3/t17-,18+,19-,20+,22+,23-,24+/m0/s1. The van der Waals surface area contributed by atoms with Gasteiger partial charge in [-0.05, 0) is 87.4 Å². The Labute approximate surface area is 164 Å². The Balaban J connectivity index is 1.32. The van der Waals surface area contributed by atoms with Crippen LogP contribution in [0.4, 0.5) is 0 Å². The summed E-state index contributed by atoms with van der Waals surface area (Å²) in [6.07, 6.45) is 15.4. The molecule has 1 saturated heterocycles. The molecule has 4 aliphatic carbocycles. The van der Waals surface area contributed by atoms with Crippen LogP contribution in [0, 0.1) is 28.6 Å². The summed E-state index contributed by atoms with van der Waals surface area (Å²) < 4.78 is 12.2. The van der Waals surface area contributed by atoms with E-state index >= 15 is 0 Å². The van der Waals surface area contributed by atoms with Gasteiger partial charge < -0.3 is 9.47 Å². The van der Waals surface area contributed by atoms with Crippen LogP contribution in [0.15, 0.2) is 11.6 Å². The SMILES string of the molecule is C[C@]12CC[C@H](O[C@@H]3CCCCO3)CC1=CC[C@H]1[C@H]2CC[C@@]2(C)C(=O)CC[C@@H]12. The molecule has 3 heteroatoms. The maximum Gasteiger partial charge on any atom is 0.157 e. The third-order valence-electron chi connectivity index (χ3n) is 9.25. The molecule has 4 fully saturated rings. The Hall–Kier alpha value is -0.670. The van der Waals surface area contributed by atoms with E-state index in [0.29, 0.717) is 23.2 Å². The van der Waals surface area contributed by atoms with Gasteiger partial charge in [0.15, 0.2) is 6.29 Å². The van der Waals surface area contributed by atoms with Crippen LogP contribution in [0.25, 0.3) is 0 Å². The average Bonchev–Trinajstić information content (AvgIpc) is 2.98. The molecule has 0 aromatic rings. The highest BCUT2D eigenvalue weighted by Crippen LogP contribution is 2.64. The van der Waals surface area contributed by atoms with Crippen molar-refractivity contribution in [1.82, 2.24) is 0 Å². The molecule has 1 heterocycles. The summed E-state index contributed by atoms with van der Waals surface area (Å²) in [6, 6.07) is 0. The molecule has 0 amide bonds. The second-order valence-electron chi connectivity index (χ2n) is 10.5. The molecule has 0 unspecified atom stereocenters. The van der Waals surface area contributed by atoms with Crippen molar-refractivity contribution in [2.45, 2.75) is 96.9 Å². The maximum absolute atomic E-state index is 12.6. The molecule has 150 valence electrons. The first kappa shape index (κ1) is 18.4. The third-order valence-corrected chi connectivity index (χ3v) is 9.25. The molecule has 27 heavy (non-hydrogen) atoms. The number of ketones is 1. The Morgan fingerprint density at radius 2 is 1.85 bits per heavy atom. The lowest BCUT2D eigenvalue weighted by Gasteiger charge is -2.57. The second-order valence-corrected chi connectivity index (χ2v) is 10.5. The molecule has 5 rings (SSSR count). The van der Waals surface area contributed by atoms with Crippen molar-refractivity contribution in [1.29, 1.82) is 0 Å². The van der Waals surface area contributed by atoms with Crippen LogP contribution in [-0.4, -0.2) is 24.8 Å². The number of rotatable bonds is 2. The van der Waals surface area contributed by atoms with Gasteiger partial charge >= 0.3 is 0 Å². The van der Waals surface area contributed by atoms with Gasteiger partial charge in [0.05, 0.1) is 6.10 Å². The Bertz CT molecular complexity index is 634. The van der Waals surface area contributed by atoms with Crippen LogP contribution < -0.4 is 0 Å². The minimum Gasteiger partial charge on any atom is -0.353 e. The summed E-state index contributed by atoms with van der Waals surface area (Å²) in [7, 11) is 0. The van der Waals surface area contributed by atoms with Gasteiger partial charge in [-0.3, -0.25) is 4.79 Å². The number of carbonyl (C=O) groups excluding carboxylic acids is 1. The molecule has 7 atom stereocenters. The monoisotopic (exact) mass is 372 g/mol. The number of fused-ring (bicyclic) bond motifs is 5. The summed E-state index contributed by atoms with van der Waals surface area (Å²) in [5.41, 5.74) is 1.98. The fourth-order valence-electron chi connectivity index (χ4n) is 7.55. The molecule has 3 saturated carbocycles. The maximum atomic E-state index is 12.6. The van der Waals surface area contributed by atoms with E-state index in [1.807, 2.05) is 0 Å². The van der Waals surface area contributed by atoms with E-state index in [1.165, 1.54) is 32.1 Å². The fraction of sp³-hybridized carbons (Fsp3) is 0.875. The fourth-order valence-corrected chi connectivity index (χ4v) is 7.55. The zero-order valence-electron chi connectivity index (χ0n) is 17.2. The average molecular weight is 373 g/mol. The summed E-state index contributed by atoms with van der Waals surface area (Å²) in [5.74, 6) is 2.68. The number of hydrogen-bond donors (Lipinski definition) is 0. The van der Waals surface area contributed by atoms with E-state index in [4.69, 9.17) is 9.47 Å². The third kappa shape index (κ3) is 2.87. The molecular weight excluding hydrogens is 336 g/mol. The lowest BCUT2D eigenvalue weighted by atomic mass is 9.48. The van der Waals surface area contributed by atoms with E-state index < -0.39 is 0 Å². The molecule has 1 aliphatic heterocycles. The largest absolute Gasteiger partial charge is 0.353 e. The minimum atomic E-state index is -0.0124. The van der Waals surface area contributed by atoms with Crippen LogP contribution >= 0.6 is 0 Å². The number of ether oxygens (including phenoxy) is 2. The quantitative estimate of drug-likeness (QED) is 0.606. The van der Waals surface area contributed by atoms with Crippen molar-refractivity contribution >= 4 is 5.78 Å². The van der Waals surface area contributed by atoms with E-state index in [9.17, 15) is 4.79 Å². The summed E-state index contributed by atoms with van der Waals surface area (Å²) >= 11 is 0. The number of hydrogen-bond acceptors (Lipinski definition) is 3. The van der Waals surface area contributed by atoms with E-state index in [2.05, 4.69) is 19.9 Å². The van der Waals surface area contributed by atoms with Crippen molar-refractivity contribution < 1.29 is 14.3 Å². The van der Waals surface area contributed by atoms with Crippen molar-refractivity contribution in [2.75, 3.05) is 6.61 Å². The molecule has 5 aliphatic rings. The smallest absolute Gasteiger partial charge is 0.157 e. The summed E-state index contributed by atoms with van der Waals surface area (Å²) in [5, 5.41) is 0. The van der Waals surface area contributed by atoms with Gasteiger partial charge in [0.25, 0.3) is 0 Å². The lowest BCUT2D eigenvalue weighted by molar-refractivity contribution is -0.195. The molecule has 0 N–H and O–H groups in total. The zero-order chi connectivity index (χ0) is 18.6. The Morgan fingerprint density at radius 3 is 2.67 bits per heavy atom. The van der Waals surface area contributed by atoms with Crippen LogP contribution in [0.1, 0.15) is 84.5 Å². The normalized spacial score (nSPS) is 49.8.